The van der Waals surface area contributed by atoms with E-state index in [0.29, 0.717) is 12.1 Å². The standard InChI is InChI=1S/C18H20N2O5/c21-15(14-5-4-12-2-1-3-13(12)10-14)6-7-17(23)25-11-16(22)20-9-8-19-18(20)24/h4-5,10H,1-3,6-9,11H2,(H,19,24). The molecule has 7 nitrogen and oxygen atoms in total. The summed E-state index contributed by atoms with van der Waals surface area (Å²) in [5.74, 6) is -1.30. The van der Waals surface area contributed by atoms with Gasteiger partial charge in [-0.1, -0.05) is 12.1 Å². The van der Waals surface area contributed by atoms with Crippen LogP contribution in [0.3, 0.4) is 0 Å². The van der Waals surface area contributed by atoms with Crippen LogP contribution in [-0.2, 0) is 27.2 Å². The van der Waals surface area contributed by atoms with E-state index in [9.17, 15) is 19.2 Å². The lowest BCUT2D eigenvalue weighted by molar-refractivity contribution is -0.150. The van der Waals surface area contributed by atoms with E-state index in [0.717, 1.165) is 24.2 Å². The number of ether oxygens (including phenoxy) is 1. The SMILES string of the molecule is O=C(CCC(=O)c1ccc2c(c1)CCC2)OCC(=O)N1CCNC1=O. The van der Waals surface area contributed by atoms with E-state index in [1.807, 2.05) is 12.1 Å². The number of fused-ring (bicyclic) bond motifs is 1. The van der Waals surface area contributed by atoms with Gasteiger partial charge in [-0.05, 0) is 36.5 Å². The van der Waals surface area contributed by atoms with Crippen molar-refractivity contribution in [1.29, 1.82) is 0 Å². The summed E-state index contributed by atoms with van der Waals surface area (Å²) < 4.78 is 4.86. The minimum Gasteiger partial charge on any atom is -0.456 e. The first-order valence-electron chi connectivity index (χ1n) is 8.43. The summed E-state index contributed by atoms with van der Waals surface area (Å²) in [6, 6.07) is 5.21. The molecule has 0 aromatic heterocycles. The monoisotopic (exact) mass is 344 g/mol. The highest BCUT2D eigenvalue weighted by atomic mass is 16.5. The summed E-state index contributed by atoms with van der Waals surface area (Å²) >= 11 is 0. The summed E-state index contributed by atoms with van der Waals surface area (Å²) in [5.41, 5.74) is 3.11. The third-order valence-electron chi connectivity index (χ3n) is 4.49. The Morgan fingerprint density at radius 2 is 1.92 bits per heavy atom. The van der Waals surface area contributed by atoms with Gasteiger partial charge >= 0.3 is 12.0 Å². The molecule has 1 aliphatic heterocycles. The van der Waals surface area contributed by atoms with Gasteiger partial charge in [0, 0.05) is 25.1 Å². The van der Waals surface area contributed by atoms with Gasteiger partial charge in [-0.3, -0.25) is 19.3 Å². The highest BCUT2D eigenvalue weighted by molar-refractivity contribution is 5.98. The second-order valence-corrected chi connectivity index (χ2v) is 6.20. The maximum atomic E-state index is 12.2. The Morgan fingerprint density at radius 1 is 1.12 bits per heavy atom. The maximum Gasteiger partial charge on any atom is 0.324 e. The molecule has 132 valence electrons. The van der Waals surface area contributed by atoms with Crippen LogP contribution in [0.5, 0.6) is 0 Å². The molecule has 2 aliphatic rings. The molecule has 1 saturated heterocycles. The van der Waals surface area contributed by atoms with Gasteiger partial charge < -0.3 is 10.1 Å². The number of rotatable bonds is 6. The highest BCUT2D eigenvalue weighted by Crippen LogP contribution is 2.23. The third kappa shape index (κ3) is 4.04. The minimum atomic E-state index is -0.623. The molecule has 1 aromatic carbocycles. The van der Waals surface area contributed by atoms with Crippen molar-refractivity contribution in [3.05, 3.63) is 34.9 Å². The third-order valence-corrected chi connectivity index (χ3v) is 4.49. The Hall–Kier alpha value is -2.70. The van der Waals surface area contributed by atoms with Gasteiger partial charge in [0.05, 0.1) is 6.42 Å². The predicted molar refractivity (Wildman–Crippen MR) is 88.1 cm³/mol. The van der Waals surface area contributed by atoms with Crippen molar-refractivity contribution < 1.29 is 23.9 Å². The number of esters is 1. The maximum absolute atomic E-state index is 12.2. The summed E-state index contributed by atoms with van der Waals surface area (Å²) in [4.78, 5) is 48.0. The van der Waals surface area contributed by atoms with Gasteiger partial charge in [0.15, 0.2) is 12.4 Å². The molecule has 0 bridgehead atoms. The Balaban J connectivity index is 1.43. The summed E-state index contributed by atoms with van der Waals surface area (Å²) in [5, 5.41) is 2.50. The number of aryl methyl sites for hydroxylation is 2. The summed E-state index contributed by atoms with van der Waals surface area (Å²) in [7, 11) is 0. The van der Waals surface area contributed by atoms with Crippen LogP contribution in [0, 0.1) is 0 Å². The lowest BCUT2D eigenvalue weighted by Crippen LogP contribution is -2.37. The zero-order valence-electron chi connectivity index (χ0n) is 13.9. The topological polar surface area (TPSA) is 92.8 Å². The lowest BCUT2D eigenvalue weighted by atomic mass is 10.0. The number of benzene rings is 1. The number of amides is 3. The summed E-state index contributed by atoms with van der Waals surface area (Å²) in [6.07, 6.45) is 3.11. The summed E-state index contributed by atoms with van der Waals surface area (Å²) in [6.45, 7) is 0.180. The molecule has 7 heteroatoms. The average Bonchev–Trinajstić information content (AvgIpc) is 3.25. The molecule has 1 N–H and O–H groups in total. The first-order valence-corrected chi connectivity index (χ1v) is 8.43. The first-order chi connectivity index (χ1) is 12.0. The molecular weight excluding hydrogens is 324 g/mol. The molecule has 0 saturated carbocycles. The molecule has 1 aromatic rings. The number of ketones is 1. The number of urea groups is 1. The van der Waals surface area contributed by atoms with Crippen molar-refractivity contribution in [3.63, 3.8) is 0 Å². The molecule has 0 radical (unpaired) electrons. The normalized spacial score (nSPS) is 15.7. The van der Waals surface area contributed by atoms with Crippen LogP contribution >= 0.6 is 0 Å². The van der Waals surface area contributed by atoms with Crippen LogP contribution in [0.25, 0.3) is 0 Å². The molecule has 0 atom stereocenters. The fourth-order valence-electron chi connectivity index (χ4n) is 3.11. The molecule has 3 amide bonds. The Labute approximate surface area is 145 Å². The lowest BCUT2D eigenvalue weighted by Gasteiger charge is -2.12. The van der Waals surface area contributed by atoms with Crippen molar-refractivity contribution >= 4 is 23.7 Å². The molecular formula is C18H20N2O5. The van der Waals surface area contributed by atoms with Gasteiger partial charge in [0.1, 0.15) is 0 Å². The second kappa shape index (κ2) is 7.46. The van der Waals surface area contributed by atoms with E-state index >= 15 is 0 Å². The quantitative estimate of drug-likeness (QED) is 0.619. The van der Waals surface area contributed by atoms with Crippen molar-refractivity contribution in [2.24, 2.45) is 0 Å². The van der Waals surface area contributed by atoms with Crippen LogP contribution < -0.4 is 5.32 Å². The number of carbonyl (C=O) groups is 4. The van der Waals surface area contributed by atoms with E-state index in [2.05, 4.69) is 5.32 Å². The fourth-order valence-corrected chi connectivity index (χ4v) is 3.11. The van der Waals surface area contributed by atoms with Gasteiger partial charge in [0.2, 0.25) is 0 Å². The van der Waals surface area contributed by atoms with Crippen molar-refractivity contribution in [2.75, 3.05) is 19.7 Å². The molecule has 1 aliphatic carbocycles. The molecule has 3 rings (SSSR count). The smallest absolute Gasteiger partial charge is 0.324 e. The Kier molecular flexibility index (Phi) is 5.11. The predicted octanol–water partition coefficient (Wildman–Crippen LogP) is 1.23. The van der Waals surface area contributed by atoms with Crippen molar-refractivity contribution in [2.45, 2.75) is 32.1 Å². The van der Waals surface area contributed by atoms with Crippen LogP contribution in [0.4, 0.5) is 4.79 Å². The number of hydrogen-bond donors (Lipinski definition) is 1. The highest BCUT2D eigenvalue weighted by Gasteiger charge is 2.26. The van der Waals surface area contributed by atoms with E-state index in [1.165, 1.54) is 11.1 Å². The van der Waals surface area contributed by atoms with Gasteiger partial charge in [0.25, 0.3) is 5.91 Å². The number of hydrogen-bond acceptors (Lipinski definition) is 5. The van der Waals surface area contributed by atoms with Crippen LogP contribution in [0.15, 0.2) is 18.2 Å². The van der Waals surface area contributed by atoms with Crippen molar-refractivity contribution in [1.82, 2.24) is 10.2 Å². The average molecular weight is 344 g/mol. The molecule has 1 fully saturated rings. The van der Waals surface area contributed by atoms with E-state index in [1.54, 1.807) is 6.07 Å². The number of nitrogens with zero attached hydrogens (tertiary/aromatic N) is 1. The number of carbonyl (C=O) groups excluding carboxylic acids is 4. The van der Waals surface area contributed by atoms with Crippen LogP contribution in [-0.4, -0.2) is 48.3 Å². The molecule has 25 heavy (non-hydrogen) atoms. The van der Waals surface area contributed by atoms with Gasteiger partial charge in [-0.25, -0.2) is 4.79 Å². The zero-order chi connectivity index (χ0) is 17.8. The van der Waals surface area contributed by atoms with E-state index in [-0.39, 0.29) is 25.2 Å². The fraction of sp³-hybridized carbons (Fsp3) is 0.444. The van der Waals surface area contributed by atoms with Crippen molar-refractivity contribution in [3.8, 4) is 0 Å². The van der Waals surface area contributed by atoms with E-state index < -0.39 is 24.5 Å². The van der Waals surface area contributed by atoms with Crippen LogP contribution in [0.2, 0.25) is 0 Å². The molecule has 0 spiro atoms. The van der Waals surface area contributed by atoms with E-state index in [4.69, 9.17) is 4.74 Å². The Morgan fingerprint density at radius 3 is 2.68 bits per heavy atom. The largest absolute Gasteiger partial charge is 0.456 e. The second-order valence-electron chi connectivity index (χ2n) is 6.20. The van der Waals surface area contributed by atoms with Gasteiger partial charge in [-0.15, -0.1) is 0 Å². The minimum absolute atomic E-state index is 0.0377. The van der Waals surface area contributed by atoms with Crippen LogP contribution in [0.1, 0.15) is 40.7 Å². The number of imide groups is 1. The zero-order valence-corrected chi connectivity index (χ0v) is 13.9. The Bertz CT molecular complexity index is 728. The molecule has 0 unspecified atom stereocenters. The number of nitrogens with one attached hydrogen (secondary N) is 1. The number of Topliss-reactive ketones (excluding diaryl/α,β-unsaturated/α-hetero) is 1. The molecule has 1 heterocycles. The van der Waals surface area contributed by atoms with Gasteiger partial charge in [-0.2, -0.15) is 0 Å². The first kappa shape index (κ1) is 17.1.